The van der Waals surface area contributed by atoms with Crippen LogP contribution in [0, 0.1) is 0 Å². The lowest BCUT2D eigenvalue weighted by molar-refractivity contribution is -0.113. The van der Waals surface area contributed by atoms with Gasteiger partial charge < -0.3 is 25.4 Å². The number of amides is 1. The normalized spacial score (nSPS) is 17.6. The van der Waals surface area contributed by atoms with Crippen LogP contribution in [0.1, 0.15) is 30.0 Å². The number of halogens is 1. The zero-order valence-electron chi connectivity index (χ0n) is 20.0. The maximum Gasteiger partial charge on any atom is 0.235 e. The van der Waals surface area contributed by atoms with E-state index in [9.17, 15) is 9.90 Å². The van der Waals surface area contributed by atoms with E-state index in [2.05, 4.69) is 30.5 Å². The molecule has 0 radical (unpaired) electrons. The van der Waals surface area contributed by atoms with Crippen LogP contribution in [0.2, 0.25) is 5.02 Å². The number of anilines is 1. The van der Waals surface area contributed by atoms with Crippen molar-refractivity contribution in [3.05, 3.63) is 46.7 Å². The highest BCUT2D eigenvalue weighted by molar-refractivity contribution is 8.00. The van der Waals surface area contributed by atoms with E-state index in [1.54, 1.807) is 19.4 Å². The van der Waals surface area contributed by atoms with Crippen molar-refractivity contribution < 1.29 is 14.6 Å². The number of aromatic nitrogens is 3. The summed E-state index contributed by atoms with van der Waals surface area (Å²) < 4.78 is 5.29. The van der Waals surface area contributed by atoms with Gasteiger partial charge in [0.25, 0.3) is 0 Å². The molecular weight excluding hydrogens is 500 g/mol. The Bertz CT molecular complexity index is 1250. The number of carbonyl (C=O) groups is 1. The number of nitrogens with zero attached hydrogens (tertiary/aromatic N) is 4. The third-order valence-corrected chi connectivity index (χ3v) is 8.03. The number of thioether (sulfide) groups is 1. The molecule has 3 N–H and O–H groups in total. The van der Waals surface area contributed by atoms with Crippen molar-refractivity contribution in [3.63, 3.8) is 0 Å². The molecule has 5 heterocycles. The highest BCUT2D eigenvalue weighted by atomic mass is 35.5. The zero-order chi connectivity index (χ0) is 25.1. The molecule has 3 aromatic rings. The van der Waals surface area contributed by atoms with Gasteiger partial charge in [-0.25, -0.2) is 9.97 Å². The van der Waals surface area contributed by atoms with Crippen LogP contribution < -0.4 is 15.4 Å². The van der Waals surface area contributed by atoms with Crippen LogP contribution in [0.25, 0.3) is 11.0 Å². The summed E-state index contributed by atoms with van der Waals surface area (Å²) in [5, 5.41) is 17.2. The Morgan fingerprint density at radius 3 is 2.89 bits per heavy atom. The van der Waals surface area contributed by atoms with Gasteiger partial charge in [0.1, 0.15) is 5.82 Å². The van der Waals surface area contributed by atoms with Gasteiger partial charge in [-0.2, -0.15) is 0 Å². The largest absolute Gasteiger partial charge is 0.481 e. The lowest BCUT2D eigenvalue weighted by atomic mass is 9.96. The van der Waals surface area contributed by atoms with Crippen molar-refractivity contribution >= 4 is 46.1 Å². The summed E-state index contributed by atoms with van der Waals surface area (Å²) in [6, 6.07) is 8.05. The summed E-state index contributed by atoms with van der Waals surface area (Å²) in [5.41, 5.74) is 3.13. The van der Waals surface area contributed by atoms with E-state index in [-0.39, 0.29) is 18.4 Å². The molecule has 0 bridgehead atoms. The number of rotatable bonds is 8. The second-order valence-electron chi connectivity index (χ2n) is 9.06. The molecule has 190 valence electrons. The maximum atomic E-state index is 11.6. The summed E-state index contributed by atoms with van der Waals surface area (Å²) in [4.78, 5) is 28.6. The number of pyridine rings is 3. The molecular formula is C25H29ClN6O3S. The van der Waals surface area contributed by atoms with E-state index in [0.717, 1.165) is 47.6 Å². The molecule has 11 heteroatoms. The average Bonchev–Trinajstić information content (AvgIpc) is 2.91. The monoisotopic (exact) mass is 528 g/mol. The number of hydrogen-bond acceptors (Lipinski definition) is 9. The minimum Gasteiger partial charge on any atom is -0.481 e. The predicted octanol–water partition coefficient (Wildman–Crippen LogP) is 3.06. The lowest BCUT2D eigenvalue weighted by Gasteiger charge is -2.34. The van der Waals surface area contributed by atoms with Crippen molar-refractivity contribution in [3.8, 4) is 5.88 Å². The second kappa shape index (κ2) is 11.3. The number of likely N-dealkylation sites (tertiary alicyclic amines) is 1. The Morgan fingerprint density at radius 1 is 1.28 bits per heavy atom. The van der Waals surface area contributed by atoms with E-state index >= 15 is 0 Å². The molecule has 0 aromatic carbocycles. The molecule has 5 rings (SSSR count). The molecule has 0 saturated carbocycles. The van der Waals surface area contributed by atoms with Crippen LogP contribution in [0.5, 0.6) is 5.88 Å². The van der Waals surface area contributed by atoms with Crippen molar-refractivity contribution in [2.75, 3.05) is 44.4 Å². The molecule has 3 aromatic heterocycles. The lowest BCUT2D eigenvalue weighted by Crippen LogP contribution is -2.44. The number of aliphatic hydroxyl groups excluding tert-OH is 1. The molecule has 1 unspecified atom stereocenters. The minimum absolute atomic E-state index is 0.00497. The molecule has 0 spiro atoms. The van der Waals surface area contributed by atoms with Crippen molar-refractivity contribution in [1.82, 2.24) is 25.2 Å². The third kappa shape index (κ3) is 5.57. The molecule has 9 nitrogen and oxygen atoms in total. The van der Waals surface area contributed by atoms with Crippen LogP contribution in [0.4, 0.5) is 5.82 Å². The standard InChI is InChI=1S/C25H29ClN6O3S/c1-35-22-5-3-19-24(31-22)23(18(26)11-28-19)15(13-33)12-32-8-6-16(7-9-32)27-10-17-2-4-20-25(29-17)30-21(34)14-36-20/h2-5,11,15-16,27,33H,6-10,12-14H2,1H3,(H,29,30,34). The summed E-state index contributed by atoms with van der Waals surface area (Å²) >= 11 is 8.07. The fourth-order valence-electron chi connectivity index (χ4n) is 4.77. The molecule has 1 atom stereocenters. The van der Waals surface area contributed by atoms with Gasteiger partial charge in [-0.15, -0.1) is 11.8 Å². The molecule has 2 aliphatic heterocycles. The maximum absolute atomic E-state index is 11.6. The highest BCUT2D eigenvalue weighted by Gasteiger charge is 2.26. The Kier molecular flexibility index (Phi) is 7.87. The van der Waals surface area contributed by atoms with E-state index in [1.165, 1.54) is 11.8 Å². The minimum atomic E-state index is -0.181. The van der Waals surface area contributed by atoms with Gasteiger partial charge >= 0.3 is 0 Å². The first-order chi connectivity index (χ1) is 17.5. The number of fused-ring (bicyclic) bond motifs is 2. The van der Waals surface area contributed by atoms with Crippen LogP contribution >= 0.6 is 23.4 Å². The number of methoxy groups -OCH3 is 1. The molecule has 1 fully saturated rings. The quantitative estimate of drug-likeness (QED) is 0.406. The number of hydrogen-bond donors (Lipinski definition) is 3. The molecule has 1 amide bonds. The molecule has 1 saturated heterocycles. The summed E-state index contributed by atoms with van der Waals surface area (Å²) in [6.07, 6.45) is 3.62. The summed E-state index contributed by atoms with van der Waals surface area (Å²) in [7, 11) is 1.58. The molecule has 2 aliphatic rings. The van der Waals surface area contributed by atoms with Gasteiger partial charge in [0, 0.05) is 42.9 Å². The van der Waals surface area contributed by atoms with E-state index < -0.39 is 0 Å². The van der Waals surface area contributed by atoms with Crippen LogP contribution in [-0.2, 0) is 11.3 Å². The van der Waals surface area contributed by atoms with Crippen molar-refractivity contribution in [2.24, 2.45) is 0 Å². The first-order valence-corrected chi connectivity index (χ1v) is 13.4. The topological polar surface area (TPSA) is 113 Å². The first-order valence-electron chi connectivity index (χ1n) is 12.0. The van der Waals surface area contributed by atoms with Gasteiger partial charge in [0.2, 0.25) is 11.8 Å². The fraction of sp³-hybridized carbons (Fsp3) is 0.440. The van der Waals surface area contributed by atoms with Crippen LogP contribution in [-0.4, -0.2) is 76.0 Å². The Morgan fingerprint density at radius 2 is 2.11 bits per heavy atom. The second-order valence-corrected chi connectivity index (χ2v) is 10.5. The van der Waals surface area contributed by atoms with Crippen LogP contribution in [0.3, 0.4) is 0 Å². The van der Waals surface area contributed by atoms with Gasteiger partial charge in [0.05, 0.1) is 46.1 Å². The fourth-order valence-corrected chi connectivity index (χ4v) is 5.82. The SMILES string of the molecule is COc1ccc2ncc(Cl)c(C(CO)CN3CCC(NCc4ccc5c(n4)NC(=O)CS5)CC3)c2n1. The van der Waals surface area contributed by atoms with Crippen molar-refractivity contribution in [1.29, 1.82) is 0 Å². The van der Waals surface area contributed by atoms with Crippen LogP contribution in [0.15, 0.2) is 35.4 Å². The number of ether oxygens (including phenoxy) is 1. The third-order valence-electron chi connectivity index (χ3n) is 6.69. The number of carbonyl (C=O) groups excluding carboxylic acids is 1. The highest BCUT2D eigenvalue weighted by Crippen LogP contribution is 2.32. The van der Waals surface area contributed by atoms with Gasteiger partial charge in [0.15, 0.2) is 0 Å². The van der Waals surface area contributed by atoms with Gasteiger partial charge in [-0.05, 0) is 44.1 Å². The zero-order valence-corrected chi connectivity index (χ0v) is 21.6. The molecule has 0 aliphatic carbocycles. The number of nitrogens with one attached hydrogen (secondary N) is 2. The smallest absolute Gasteiger partial charge is 0.235 e. The Balaban J connectivity index is 1.19. The van der Waals surface area contributed by atoms with E-state index in [4.69, 9.17) is 16.3 Å². The Labute approximate surface area is 219 Å². The van der Waals surface area contributed by atoms with E-state index in [0.29, 0.717) is 47.1 Å². The summed E-state index contributed by atoms with van der Waals surface area (Å²) in [5.74, 6) is 1.41. The molecule has 36 heavy (non-hydrogen) atoms. The van der Waals surface area contributed by atoms with Gasteiger partial charge in [-0.1, -0.05) is 11.6 Å². The first kappa shape index (κ1) is 25.2. The number of piperidine rings is 1. The predicted molar refractivity (Wildman–Crippen MR) is 141 cm³/mol. The van der Waals surface area contributed by atoms with E-state index in [1.807, 2.05) is 18.2 Å². The Hall–Kier alpha value is -2.50. The van der Waals surface area contributed by atoms with Crippen molar-refractivity contribution in [2.45, 2.75) is 36.2 Å². The summed E-state index contributed by atoms with van der Waals surface area (Å²) in [6.45, 7) is 3.13. The van der Waals surface area contributed by atoms with Gasteiger partial charge in [-0.3, -0.25) is 9.78 Å². The average molecular weight is 529 g/mol. The number of aliphatic hydroxyl groups is 1.